The number of nitrogens with zero attached hydrogens (tertiary/aromatic N) is 3. The summed E-state index contributed by atoms with van der Waals surface area (Å²) in [4.78, 5) is 22.8. The minimum atomic E-state index is -2.92. The van der Waals surface area contributed by atoms with Crippen LogP contribution in [-0.2, 0) is 21.2 Å². The average Bonchev–Trinajstić information content (AvgIpc) is 3.13. The third-order valence-electron chi connectivity index (χ3n) is 4.13. The van der Waals surface area contributed by atoms with Crippen molar-refractivity contribution in [2.24, 2.45) is 0 Å². The Bertz CT molecular complexity index is 602. The predicted molar refractivity (Wildman–Crippen MR) is 85.4 cm³/mol. The summed E-state index contributed by atoms with van der Waals surface area (Å²) in [6.07, 6.45) is 4.21. The number of imidazole rings is 1. The molecule has 0 aliphatic carbocycles. The van der Waals surface area contributed by atoms with Crippen LogP contribution in [0.1, 0.15) is 18.7 Å². The maximum absolute atomic E-state index is 12.3. The first-order valence-electron chi connectivity index (χ1n) is 7.69. The lowest BCUT2D eigenvalue weighted by Crippen LogP contribution is -2.38. The van der Waals surface area contributed by atoms with Crippen LogP contribution in [0.4, 0.5) is 0 Å². The average molecular weight is 344 g/mol. The van der Waals surface area contributed by atoms with Gasteiger partial charge in [-0.3, -0.25) is 4.79 Å². The van der Waals surface area contributed by atoms with Gasteiger partial charge < -0.3 is 19.9 Å². The molecule has 1 unspecified atom stereocenters. The molecule has 9 heteroatoms. The van der Waals surface area contributed by atoms with E-state index in [-0.39, 0.29) is 43.0 Å². The van der Waals surface area contributed by atoms with Gasteiger partial charge in [-0.25, -0.2) is 13.4 Å². The smallest absolute Gasteiger partial charge is 0.224 e. The summed E-state index contributed by atoms with van der Waals surface area (Å²) >= 11 is 0. The fourth-order valence-electron chi connectivity index (χ4n) is 2.71. The number of aromatic amines is 1. The molecule has 2 heterocycles. The standard InChI is InChI=1S/C14H24N4O4S/c1-17(12-3-9-23(21,22)11-12)6-2-14(20)18(7-8-19)10-13-15-4-5-16-13/h4-5,12,19H,2-3,6-11H2,1H3,(H,15,16). The molecule has 0 radical (unpaired) electrons. The molecule has 23 heavy (non-hydrogen) atoms. The molecule has 8 nitrogen and oxygen atoms in total. The Hall–Kier alpha value is -1.45. The number of aliphatic hydroxyl groups excluding tert-OH is 1. The molecule has 1 aromatic heterocycles. The summed E-state index contributed by atoms with van der Waals surface area (Å²) in [6, 6.07) is -0.0100. The van der Waals surface area contributed by atoms with Gasteiger partial charge in [0, 0.05) is 37.9 Å². The Balaban J connectivity index is 1.83. The number of hydrogen-bond donors (Lipinski definition) is 2. The van der Waals surface area contributed by atoms with Crippen molar-refractivity contribution in [3.63, 3.8) is 0 Å². The lowest BCUT2D eigenvalue weighted by molar-refractivity contribution is -0.132. The number of rotatable bonds is 8. The molecule has 130 valence electrons. The van der Waals surface area contributed by atoms with Crippen LogP contribution in [0.25, 0.3) is 0 Å². The van der Waals surface area contributed by atoms with Gasteiger partial charge in [-0.15, -0.1) is 0 Å². The monoisotopic (exact) mass is 344 g/mol. The number of carbonyl (C=O) groups excluding carboxylic acids is 1. The van der Waals surface area contributed by atoms with Crippen molar-refractivity contribution in [3.05, 3.63) is 18.2 Å². The summed E-state index contributed by atoms with van der Waals surface area (Å²) in [5.41, 5.74) is 0. The molecule has 0 spiro atoms. The van der Waals surface area contributed by atoms with E-state index in [9.17, 15) is 13.2 Å². The van der Waals surface area contributed by atoms with E-state index in [1.807, 2.05) is 11.9 Å². The highest BCUT2D eigenvalue weighted by Gasteiger charge is 2.30. The topological polar surface area (TPSA) is 107 Å². The first kappa shape index (κ1) is 17.9. The van der Waals surface area contributed by atoms with E-state index >= 15 is 0 Å². The number of amides is 1. The van der Waals surface area contributed by atoms with Gasteiger partial charge >= 0.3 is 0 Å². The molecule has 2 N–H and O–H groups in total. The van der Waals surface area contributed by atoms with Crippen molar-refractivity contribution in [1.29, 1.82) is 0 Å². The minimum absolute atomic E-state index is 0.0100. The lowest BCUT2D eigenvalue weighted by Gasteiger charge is -2.25. The highest BCUT2D eigenvalue weighted by molar-refractivity contribution is 7.91. The van der Waals surface area contributed by atoms with Gasteiger partial charge in [0.05, 0.1) is 24.7 Å². The molecule has 1 aliphatic rings. The Labute approximate surface area is 136 Å². The number of H-pyrrole nitrogens is 1. The summed E-state index contributed by atoms with van der Waals surface area (Å²) in [7, 11) is -1.07. The van der Waals surface area contributed by atoms with Crippen LogP contribution in [0.15, 0.2) is 12.4 Å². The van der Waals surface area contributed by atoms with Crippen molar-refractivity contribution < 1.29 is 18.3 Å². The molecule has 1 aliphatic heterocycles. The summed E-state index contributed by atoms with van der Waals surface area (Å²) in [5.74, 6) is 0.986. The molecule has 2 rings (SSSR count). The van der Waals surface area contributed by atoms with Crippen LogP contribution >= 0.6 is 0 Å². The molecule has 1 atom stereocenters. The molecule has 0 aromatic carbocycles. The Kier molecular flexibility index (Phi) is 6.14. The van der Waals surface area contributed by atoms with Crippen molar-refractivity contribution in [2.75, 3.05) is 38.2 Å². The Morgan fingerprint density at radius 1 is 1.48 bits per heavy atom. The van der Waals surface area contributed by atoms with Crippen molar-refractivity contribution in [1.82, 2.24) is 19.8 Å². The van der Waals surface area contributed by atoms with Crippen molar-refractivity contribution >= 4 is 15.7 Å². The largest absolute Gasteiger partial charge is 0.395 e. The van der Waals surface area contributed by atoms with E-state index in [0.29, 0.717) is 25.3 Å². The second-order valence-electron chi connectivity index (χ2n) is 5.86. The zero-order valence-electron chi connectivity index (χ0n) is 13.3. The van der Waals surface area contributed by atoms with Crippen LogP contribution in [0.2, 0.25) is 0 Å². The third-order valence-corrected chi connectivity index (χ3v) is 5.88. The predicted octanol–water partition coefficient (Wildman–Crippen LogP) is -0.760. The number of carbonyl (C=O) groups is 1. The maximum Gasteiger partial charge on any atom is 0.224 e. The number of aliphatic hydroxyl groups is 1. The van der Waals surface area contributed by atoms with Crippen LogP contribution in [0, 0.1) is 0 Å². The highest BCUT2D eigenvalue weighted by Crippen LogP contribution is 2.16. The Morgan fingerprint density at radius 3 is 2.83 bits per heavy atom. The van der Waals surface area contributed by atoms with E-state index in [1.54, 1.807) is 17.3 Å². The second-order valence-corrected chi connectivity index (χ2v) is 8.09. The van der Waals surface area contributed by atoms with Gasteiger partial charge in [0.25, 0.3) is 0 Å². The first-order valence-corrected chi connectivity index (χ1v) is 9.51. The fourth-order valence-corrected chi connectivity index (χ4v) is 4.52. The number of aromatic nitrogens is 2. The van der Waals surface area contributed by atoms with Gasteiger partial charge in [0.1, 0.15) is 5.82 Å². The quantitative estimate of drug-likeness (QED) is 0.642. The molecule has 0 bridgehead atoms. The van der Waals surface area contributed by atoms with E-state index in [2.05, 4.69) is 9.97 Å². The van der Waals surface area contributed by atoms with E-state index in [1.165, 1.54) is 0 Å². The normalized spacial score (nSPS) is 20.0. The molecular weight excluding hydrogens is 320 g/mol. The minimum Gasteiger partial charge on any atom is -0.395 e. The molecule has 1 saturated heterocycles. The SMILES string of the molecule is CN(CCC(=O)N(CCO)Cc1ncc[nH]1)C1CCS(=O)(=O)C1. The number of hydrogen-bond acceptors (Lipinski definition) is 6. The summed E-state index contributed by atoms with van der Waals surface area (Å²) < 4.78 is 23.0. The first-order chi connectivity index (χ1) is 10.9. The molecule has 1 amide bonds. The van der Waals surface area contributed by atoms with Gasteiger partial charge in [0.2, 0.25) is 5.91 Å². The summed E-state index contributed by atoms with van der Waals surface area (Å²) in [5, 5.41) is 9.12. The molecule has 0 saturated carbocycles. The van der Waals surface area contributed by atoms with Crippen molar-refractivity contribution in [2.45, 2.75) is 25.4 Å². The van der Waals surface area contributed by atoms with Gasteiger partial charge in [0.15, 0.2) is 9.84 Å². The third kappa shape index (κ3) is 5.29. The Morgan fingerprint density at radius 2 is 2.26 bits per heavy atom. The summed E-state index contributed by atoms with van der Waals surface area (Å²) in [6.45, 7) is 0.969. The number of sulfone groups is 1. The lowest BCUT2D eigenvalue weighted by atomic mass is 10.2. The molecule has 1 aromatic rings. The maximum atomic E-state index is 12.3. The van der Waals surface area contributed by atoms with Crippen LogP contribution < -0.4 is 0 Å². The number of nitrogens with one attached hydrogen (secondary N) is 1. The zero-order valence-corrected chi connectivity index (χ0v) is 14.1. The van der Waals surface area contributed by atoms with E-state index in [4.69, 9.17) is 5.11 Å². The highest BCUT2D eigenvalue weighted by atomic mass is 32.2. The van der Waals surface area contributed by atoms with Crippen molar-refractivity contribution in [3.8, 4) is 0 Å². The van der Waals surface area contributed by atoms with Crippen LogP contribution in [0.3, 0.4) is 0 Å². The van der Waals surface area contributed by atoms with Gasteiger partial charge in [-0.05, 0) is 13.5 Å². The second kappa shape index (κ2) is 7.89. The van der Waals surface area contributed by atoms with Gasteiger partial charge in [-0.1, -0.05) is 0 Å². The molecule has 1 fully saturated rings. The van der Waals surface area contributed by atoms with E-state index < -0.39 is 9.84 Å². The van der Waals surface area contributed by atoms with E-state index in [0.717, 1.165) is 0 Å². The fraction of sp³-hybridized carbons (Fsp3) is 0.714. The molecular formula is C14H24N4O4S. The van der Waals surface area contributed by atoms with Crippen LogP contribution in [-0.4, -0.2) is 83.5 Å². The van der Waals surface area contributed by atoms with Gasteiger partial charge in [-0.2, -0.15) is 0 Å². The van der Waals surface area contributed by atoms with Crippen LogP contribution in [0.5, 0.6) is 0 Å². The zero-order chi connectivity index (χ0) is 16.9.